The first-order valence-electron chi connectivity index (χ1n) is 6.97. The number of carbonyl (C=O) groups is 1. The van der Waals surface area contributed by atoms with Crippen molar-refractivity contribution in [3.05, 3.63) is 28.4 Å². The van der Waals surface area contributed by atoms with Crippen LogP contribution in [0.2, 0.25) is 0 Å². The Bertz CT molecular complexity index is 567. The van der Waals surface area contributed by atoms with Gasteiger partial charge in [0.05, 0.1) is 11.0 Å². The van der Waals surface area contributed by atoms with E-state index in [1.54, 1.807) is 0 Å². The fraction of sp³-hybridized carbons (Fsp3) is 0.571. The summed E-state index contributed by atoms with van der Waals surface area (Å²) in [5.74, 6) is 0.261. The molecule has 1 saturated heterocycles. The first-order chi connectivity index (χ1) is 10.2. The summed E-state index contributed by atoms with van der Waals surface area (Å²) in [6, 6.07) is 2.45. The van der Waals surface area contributed by atoms with Crippen LogP contribution >= 0.6 is 0 Å². The van der Waals surface area contributed by atoms with E-state index < -0.39 is 11.0 Å². The Morgan fingerprint density at radius 2 is 2.18 bits per heavy atom. The molecule has 1 aromatic heterocycles. The van der Waals surface area contributed by atoms with Gasteiger partial charge in [-0.2, -0.15) is 0 Å². The molecule has 0 radical (unpaired) electrons. The van der Waals surface area contributed by atoms with Crippen LogP contribution in [-0.4, -0.2) is 44.7 Å². The lowest BCUT2D eigenvalue weighted by Crippen LogP contribution is -2.48. The fourth-order valence-corrected chi connectivity index (χ4v) is 2.83. The van der Waals surface area contributed by atoms with Gasteiger partial charge >= 0.3 is 6.09 Å². The molecule has 1 aromatic rings. The van der Waals surface area contributed by atoms with E-state index in [4.69, 9.17) is 4.74 Å². The van der Waals surface area contributed by atoms with E-state index in [1.165, 1.54) is 17.0 Å². The molecule has 0 spiro atoms. The zero-order chi connectivity index (χ0) is 16.5. The normalized spacial score (nSPS) is 21.7. The largest absolute Gasteiger partial charge is 0.472 e. The molecule has 8 nitrogen and oxygen atoms in total. The molecule has 2 heterocycles. The summed E-state index contributed by atoms with van der Waals surface area (Å²) in [4.78, 5) is 26.7. The highest BCUT2D eigenvalue weighted by molar-refractivity contribution is 5.66. The van der Waals surface area contributed by atoms with E-state index in [0.717, 1.165) is 6.20 Å². The number of amides is 1. The molecule has 1 N–H and O–H groups in total. The second-order valence-electron chi connectivity index (χ2n) is 6.34. The third-order valence-electron chi connectivity index (χ3n) is 3.68. The van der Waals surface area contributed by atoms with Crippen molar-refractivity contribution in [1.29, 1.82) is 0 Å². The highest BCUT2D eigenvalue weighted by atomic mass is 16.6. The lowest BCUT2D eigenvalue weighted by atomic mass is 9.84. The molecular formula is C14H19N3O5. The first kappa shape index (κ1) is 16.0. The summed E-state index contributed by atoms with van der Waals surface area (Å²) in [6.07, 6.45) is 0.394. The van der Waals surface area contributed by atoms with E-state index in [-0.39, 0.29) is 29.1 Å². The first-order valence-corrected chi connectivity index (χ1v) is 6.97. The Morgan fingerprint density at radius 1 is 1.50 bits per heavy atom. The van der Waals surface area contributed by atoms with Gasteiger partial charge in [0.2, 0.25) is 5.88 Å². The lowest BCUT2D eigenvalue weighted by Gasteiger charge is -2.36. The summed E-state index contributed by atoms with van der Waals surface area (Å²) in [5.41, 5.74) is -0.404. The summed E-state index contributed by atoms with van der Waals surface area (Å²) in [7, 11) is 0. The van der Waals surface area contributed by atoms with Crippen molar-refractivity contribution in [2.75, 3.05) is 6.54 Å². The molecule has 1 unspecified atom stereocenters. The van der Waals surface area contributed by atoms with Gasteiger partial charge in [0.25, 0.3) is 5.69 Å². The van der Waals surface area contributed by atoms with Crippen LogP contribution in [0.15, 0.2) is 18.3 Å². The molecule has 1 aliphatic heterocycles. The summed E-state index contributed by atoms with van der Waals surface area (Å²) in [6.45, 7) is 6.27. The zero-order valence-corrected chi connectivity index (χ0v) is 12.7. The monoisotopic (exact) mass is 309 g/mol. The number of aromatic nitrogens is 1. The van der Waals surface area contributed by atoms with Crippen molar-refractivity contribution in [2.45, 2.75) is 39.3 Å². The van der Waals surface area contributed by atoms with E-state index in [0.29, 0.717) is 13.0 Å². The maximum Gasteiger partial charge on any atom is 0.407 e. The van der Waals surface area contributed by atoms with E-state index in [9.17, 15) is 20.0 Å². The number of likely N-dealkylation sites (tertiary alicyclic amines) is 1. The average Bonchev–Trinajstić information content (AvgIpc) is 2.83. The van der Waals surface area contributed by atoms with Gasteiger partial charge in [-0.1, -0.05) is 20.8 Å². The zero-order valence-electron chi connectivity index (χ0n) is 12.7. The Morgan fingerprint density at radius 3 is 2.64 bits per heavy atom. The minimum atomic E-state index is -0.970. The topological polar surface area (TPSA) is 106 Å². The van der Waals surface area contributed by atoms with E-state index in [2.05, 4.69) is 4.98 Å². The molecule has 8 heteroatoms. The number of nitrogens with zero attached hydrogens (tertiary/aromatic N) is 3. The van der Waals surface area contributed by atoms with Crippen LogP contribution in [0.5, 0.6) is 5.88 Å². The maximum absolute atomic E-state index is 11.4. The van der Waals surface area contributed by atoms with Crippen LogP contribution in [0.3, 0.4) is 0 Å². The highest BCUT2D eigenvalue weighted by Gasteiger charge is 2.45. The molecule has 1 aliphatic rings. The number of ether oxygens (including phenoxy) is 1. The minimum Gasteiger partial charge on any atom is -0.472 e. The molecule has 0 bridgehead atoms. The average molecular weight is 309 g/mol. The quantitative estimate of drug-likeness (QED) is 0.679. The van der Waals surface area contributed by atoms with Crippen LogP contribution in [0.1, 0.15) is 27.2 Å². The smallest absolute Gasteiger partial charge is 0.407 e. The molecule has 0 aliphatic carbocycles. The second-order valence-corrected chi connectivity index (χ2v) is 6.34. The number of pyridine rings is 1. The van der Waals surface area contributed by atoms with Crippen molar-refractivity contribution >= 4 is 11.8 Å². The predicted molar refractivity (Wildman–Crippen MR) is 77.9 cm³/mol. The van der Waals surface area contributed by atoms with Crippen LogP contribution in [-0.2, 0) is 0 Å². The van der Waals surface area contributed by atoms with Crippen LogP contribution in [0.25, 0.3) is 0 Å². The molecule has 22 heavy (non-hydrogen) atoms. The van der Waals surface area contributed by atoms with Gasteiger partial charge < -0.3 is 14.7 Å². The van der Waals surface area contributed by atoms with Gasteiger partial charge in [-0.3, -0.25) is 10.1 Å². The Labute approximate surface area is 127 Å². The van der Waals surface area contributed by atoms with Gasteiger partial charge in [0.1, 0.15) is 12.3 Å². The summed E-state index contributed by atoms with van der Waals surface area (Å²) in [5, 5.41) is 19.9. The highest BCUT2D eigenvalue weighted by Crippen LogP contribution is 2.35. The Kier molecular flexibility index (Phi) is 4.20. The van der Waals surface area contributed by atoms with E-state index in [1.807, 2.05) is 20.8 Å². The van der Waals surface area contributed by atoms with Crippen molar-refractivity contribution in [1.82, 2.24) is 9.88 Å². The third kappa shape index (κ3) is 3.26. The molecule has 1 fully saturated rings. The molecule has 1 amide bonds. The van der Waals surface area contributed by atoms with Gasteiger partial charge in [-0.05, 0) is 5.41 Å². The van der Waals surface area contributed by atoms with Crippen molar-refractivity contribution < 1.29 is 19.6 Å². The number of hydrogen-bond acceptors (Lipinski definition) is 5. The van der Waals surface area contributed by atoms with E-state index >= 15 is 0 Å². The molecule has 0 aromatic carbocycles. The molecule has 120 valence electrons. The minimum absolute atomic E-state index is 0.113. The number of hydrogen-bond donors (Lipinski definition) is 1. The predicted octanol–water partition coefficient (Wildman–Crippen LogP) is 2.54. The van der Waals surface area contributed by atoms with Gasteiger partial charge in [0, 0.05) is 25.1 Å². The molecule has 2 rings (SSSR count). The van der Waals surface area contributed by atoms with Crippen molar-refractivity contribution in [3.63, 3.8) is 0 Å². The fourth-order valence-electron chi connectivity index (χ4n) is 2.83. The molecular weight excluding hydrogens is 290 g/mol. The van der Waals surface area contributed by atoms with Crippen LogP contribution in [0, 0.1) is 15.5 Å². The second kappa shape index (κ2) is 5.78. The Balaban J connectivity index is 2.17. The summed E-state index contributed by atoms with van der Waals surface area (Å²) >= 11 is 0. The number of rotatable bonds is 3. The maximum atomic E-state index is 11.4. The SMILES string of the molecule is CC(C)(C)C1[C@H](Oc2ccc([N+](=O)[O-])cn2)CCN1C(=O)O. The summed E-state index contributed by atoms with van der Waals surface area (Å²) < 4.78 is 5.79. The van der Waals surface area contributed by atoms with Crippen molar-refractivity contribution in [2.24, 2.45) is 5.41 Å². The van der Waals surface area contributed by atoms with Gasteiger partial charge in [0.15, 0.2) is 0 Å². The molecule has 0 saturated carbocycles. The Hall–Kier alpha value is -2.38. The standard InChI is InChI=1S/C14H19N3O5/c1-14(2,3)12-10(6-7-16(12)13(18)19)22-11-5-4-9(8-15-11)17(20)21/h4-5,8,10,12H,6-7H2,1-3H3,(H,18,19)/t10-,12?/m1/s1. The third-order valence-corrected chi connectivity index (χ3v) is 3.68. The lowest BCUT2D eigenvalue weighted by molar-refractivity contribution is -0.385. The van der Waals surface area contributed by atoms with Gasteiger partial charge in [-0.15, -0.1) is 0 Å². The number of nitro groups is 1. The van der Waals surface area contributed by atoms with Crippen LogP contribution < -0.4 is 4.74 Å². The van der Waals surface area contributed by atoms with Gasteiger partial charge in [-0.25, -0.2) is 9.78 Å². The van der Waals surface area contributed by atoms with Crippen molar-refractivity contribution in [3.8, 4) is 5.88 Å². The van der Waals surface area contributed by atoms with Crippen LogP contribution in [0.4, 0.5) is 10.5 Å². The number of carboxylic acid groups (broad SMARTS) is 1. The molecule has 2 atom stereocenters.